The Hall–Kier alpha value is -1.31. The van der Waals surface area contributed by atoms with Crippen LogP contribution >= 0.6 is 11.6 Å². The molecule has 0 saturated carbocycles. The van der Waals surface area contributed by atoms with E-state index in [0.29, 0.717) is 30.3 Å². The van der Waals surface area contributed by atoms with Crippen LogP contribution in [-0.4, -0.2) is 47.4 Å². The Balaban J connectivity index is 2.57. The maximum Gasteiger partial charge on any atom is 0.232 e. The molecule has 1 N–H and O–H groups in total. The lowest BCUT2D eigenvalue weighted by molar-refractivity contribution is -0.121. The molecule has 0 aliphatic heterocycles. The van der Waals surface area contributed by atoms with E-state index < -0.39 is 10.0 Å². The van der Waals surface area contributed by atoms with Gasteiger partial charge in [0.25, 0.3) is 0 Å². The van der Waals surface area contributed by atoms with Crippen molar-refractivity contribution in [3.05, 3.63) is 29.3 Å². The van der Waals surface area contributed by atoms with Gasteiger partial charge in [-0.1, -0.05) is 11.6 Å². The van der Waals surface area contributed by atoms with Gasteiger partial charge in [-0.3, -0.25) is 9.10 Å². The Kier molecular flexibility index (Phi) is 7.64. The molecule has 0 fully saturated rings. The van der Waals surface area contributed by atoms with Gasteiger partial charge in [-0.05, 0) is 30.7 Å². The predicted octanol–water partition coefficient (Wildman–Crippen LogP) is 1.65. The number of carbonyl (C=O) groups excluding carboxylic acids is 1. The number of hydrogen-bond acceptors (Lipinski definition) is 4. The number of ether oxygens (including phenoxy) is 1. The third kappa shape index (κ3) is 6.64. The van der Waals surface area contributed by atoms with E-state index >= 15 is 0 Å². The fraction of sp³-hybridized carbons (Fsp3) is 0.500. The van der Waals surface area contributed by atoms with E-state index in [0.717, 1.165) is 6.26 Å². The lowest BCUT2D eigenvalue weighted by Gasteiger charge is -2.22. The van der Waals surface area contributed by atoms with Crippen LogP contribution < -0.4 is 9.62 Å². The second-order valence-electron chi connectivity index (χ2n) is 4.76. The van der Waals surface area contributed by atoms with Crippen LogP contribution in [0, 0.1) is 0 Å². The summed E-state index contributed by atoms with van der Waals surface area (Å²) in [4.78, 5) is 11.6. The molecule has 6 nitrogen and oxygen atoms in total. The van der Waals surface area contributed by atoms with Gasteiger partial charge in [0, 0.05) is 31.6 Å². The van der Waals surface area contributed by atoms with Crippen molar-refractivity contribution in [1.29, 1.82) is 0 Å². The summed E-state index contributed by atoms with van der Waals surface area (Å²) in [7, 11) is -1.85. The van der Waals surface area contributed by atoms with E-state index in [-0.39, 0.29) is 18.9 Å². The number of nitrogens with one attached hydrogen (secondary N) is 1. The number of nitrogens with zero attached hydrogens (tertiary/aromatic N) is 1. The van der Waals surface area contributed by atoms with Gasteiger partial charge in [-0.15, -0.1) is 0 Å². The molecule has 0 spiro atoms. The molecule has 22 heavy (non-hydrogen) atoms. The van der Waals surface area contributed by atoms with Crippen molar-refractivity contribution < 1.29 is 17.9 Å². The summed E-state index contributed by atoms with van der Waals surface area (Å²) in [5.41, 5.74) is 0.534. The summed E-state index contributed by atoms with van der Waals surface area (Å²) in [6.07, 6.45) is 1.82. The molecule has 0 radical (unpaired) electrons. The Morgan fingerprint density at radius 2 is 1.95 bits per heavy atom. The van der Waals surface area contributed by atoms with Crippen LogP contribution in [-0.2, 0) is 19.6 Å². The number of amides is 1. The summed E-state index contributed by atoms with van der Waals surface area (Å²) in [5.74, 6) is -0.124. The lowest BCUT2D eigenvalue weighted by Crippen LogP contribution is -2.32. The summed E-state index contributed by atoms with van der Waals surface area (Å²) < 4.78 is 29.9. The Morgan fingerprint density at radius 3 is 2.50 bits per heavy atom. The average Bonchev–Trinajstić information content (AvgIpc) is 2.44. The molecule has 1 aromatic carbocycles. The quantitative estimate of drug-likeness (QED) is 0.688. The zero-order chi connectivity index (χ0) is 16.6. The average molecular weight is 349 g/mol. The van der Waals surface area contributed by atoms with Crippen molar-refractivity contribution in [1.82, 2.24) is 5.32 Å². The number of methoxy groups -OCH3 is 1. The summed E-state index contributed by atoms with van der Waals surface area (Å²) in [6, 6.07) is 6.54. The van der Waals surface area contributed by atoms with Gasteiger partial charge < -0.3 is 10.1 Å². The highest BCUT2D eigenvalue weighted by atomic mass is 35.5. The highest BCUT2D eigenvalue weighted by Gasteiger charge is 2.17. The molecule has 0 aliphatic carbocycles. The van der Waals surface area contributed by atoms with E-state index in [4.69, 9.17) is 16.3 Å². The minimum absolute atomic E-state index is 0.124. The highest BCUT2D eigenvalue weighted by molar-refractivity contribution is 7.92. The molecule has 1 amide bonds. The van der Waals surface area contributed by atoms with E-state index in [1.807, 2.05) is 0 Å². The molecule has 1 rings (SSSR count). The fourth-order valence-electron chi connectivity index (χ4n) is 1.86. The molecule has 124 valence electrons. The third-order valence-corrected chi connectivity index (χ3v) is 4.35. The van der Waals surface area contributed by atoms with Crippen molar-refractivity contribution in [2.24, 2.45) is 0 Å². The van der Waals surface area contributed by atoms with Gasteiger partial charge in [0.05, 0.1) is 18.6 Å². The maximum atomic E-state index is 11.9. The van der Waals surface area contributed by atoms with E-state index in [1.54, 1.807) is 31.4 Å². The molecule has 0 unspecified atom stereocenters. The summed E-state index contributed by atoms with van der Waals surface area (Å²) >= 11 is 5.81. The molecule has 0 saturated heterocycles. The number of hydrogen-bond donors (Lipinski definition) is 1. The van der Waals surface area contributed by atoms with Gasteiger partial charge in [-0.2, -0.15) is 0 Å². The Labute approximate surface area is 136 Å². The van der Waals surface area contributed by atoms with Crippen LogP contribution in [0.1, 0.15) is 12.8 Å². The topological polar surface area (TPSA) is 75.7 Å². The third-order valence-electron chi connectivity index (χ3n) is 2.91. The van der Waals surface area contributed by atoms with Crippen molar-refractivity contribution in [3.63, 3.8) is 0 Å². The van der Waals surface area contributed by atoms with Gasteiger partial charge in [0.2, 0.25) is 15.9 Å². The van der Waals surface area contributed by atoms with Gasteiger partial charge in [0.1, 0.15) is 0 Å². The minimum atomic E-state index is -3.41. The van der Waals surface area contributed by atoms with Gasteiger partial charge >= 0.3 is 0 Å². The molecule has 0 aliphatic rings. The number of rotatable bonds is 9. The van der Waals surface area contributed by atoms with Crippen LogP contribution in [0.15, 0.2) is 24.3 Å². The number of halogens is 1. The van der Waals surface area contributed by atoms with Crippen molar-refractivity contribution in [2.45, 2.75) is 12.8 Å². The first-order chi connectivity index (χ1) is 10.3. The van der Waals surface area contributed by atoms with Crippen LogP contribution in [0.2, 0.25) is 5.02 Å². The number of anilines is 1. The number of benzene rings is 1. The molecular formula is C14H21ClN2O4S. The van der Waals surface area contributed by atoms with E-state index in [9.17, 15) is 13.2 Å². The molecule has 0 aromatic heterocycles. The van der Waals surface area contributed by atoms with Crippen molar-refractivity contribution in [2.75, 3.05) is 37.4 Å². The number of carbonyl (C=O) groups is 1. The highest BCUT2D eigenvalue weighted by Crippen LogP contribution is 2.20. The van der Waals surface area contributed by atoms with E-state index in [2.05, 4.69) is 5.32 Å². The summed E-state index contributed by atoms with van der Waals surface area (Å²) in [5, 5.41) is 3.23. The molecule has 8 heteroatoms. The van der Waals surface area contributed by atoms with Crippen LogP contribution in [0.5, 0.6) is 0 Å². The second kappa shape index (κ2) is 8.97. The first-order valence-corrected chi connectivity index (χ1v) is 9.06. The zero-order valence-corrected chi connectivity index (χ0v) is 14.3. The Bertz CT molecular complexity index is 575. The first kappa shape index (κ1) is 18.7. The maximum absolute atomic E-state index is 11.9. The van der Waals surface area contributed by atoms with Crippen LogP contribution in [0.25, 0.3) is 0 Å². The molecular weight excluding hydrogens is 328 g/mol. The smallest absolute Gasteiger partial charge is 0.232 e. The fourth-order valence-corrected chi connectivity index (χ4v) is 2.95. The largest absolute Gasteiger partial charge is 0.383 e. The second-order valence-corrected chi connectivity index (χ2v) is 7.10. The molecule has 0 atom stereocenters. The van der Waals surface area contributed by atoms with Crippen molar-refractivity contribution >= 4 is 33.2 Å². The molecule has 0 bridgehead atoms. The summed E-state index contributed by atoms with van der Waals surface area (Å²) in [6.45, 7) is 1.13. The van der Waals surface area contributed by atoms with Gasteiger partial charge in [0.15, 0.2) is 0 Å². The first-order valence-electron chi connectivity index (χ1n) is 6.83. The standard InChI is InChI=1S/C14H21ClN2O4S/c1-21-11-9-16-14(18)4-3-10-17(22(2,19)20)13-7-5-12(15)6-8-13/h5-8H,3-4,9-11H2,1-2H3,(H,16,18). The Morgan fingerprint density at radius 1 is 1.32 bits per heavy atom. The van der Waals surface area contributed by atoms with Crippen LogP contribution in [0.4, 0.5) is 5.69 Å². The lowest BCUT2D eigenvalue weighted by atomic mass is 10.2. The van der Waals surface area contributed by atoms with Crippen LogP contribution in [0.3, 0.4) is 0 Å². The SMILES string of the molecule is COCCNC(=O)CCCN(c1ccc(Cl)cc1)S(C)(=O)=O. The van der Waals surface area contributed by atoms with E-state index in [1.165, 1.54) is 4.31 Å². The number of sulfonamides is 1. The predicted molar refractivity (Wildman–Crippen MR) is 87.8 cm³/mol. The molecule has 0 heterocycles. The van der Waals surface area contributed by atoms with Crippen molar-refractivity contribution in [3.8, 4) is 0 Å². The zero-order valence-electron chi connectivity index (χ0n) is 12.7. The molecule has 1 aromatic rings. The monoisotopic (exact) mass is 348 g/mol. The van der Waals surface area contributed by atoms with Gasteiger partial charge in [-0.25, -0.2) is 8.42 Å². The minimum Gasteiger partial charge on any atom is -0.383 e. The normalized spacial score (nSPS) is 11.2.